The van der Waals surface area contributed by atoms with Crippen LogP contribution < -0.4 is 15.4 Å². The average molecular weight is 288 g/mol. The molecule has 1 amide bonds. The van der Waals surface area contributed by atoms with Gasteiger partial charge >= 0.3 is 0 Å². The highest BCUT2D eigenvalue weighted by Gasteiger charge is 2.20. The van der Waals surface area contributed by atoms with Crippen molar-refractivity contribution in [3.8, 4) is 11.5 Å². The molecule has 110 valence electrons. The van der Waals surface area contributed by atoms with Crippen LogP contribution in [0.25, 0.3) is 0 Å². The third kappa shape index (κ3) is 2.65. The number of phenolic OH excluding ortho intramolecular Hbond substituents is 1. The fourth-order valence-corrected chi connectivity index (χ4v) is 2.50. The Labute approximate surface area is 121 Å². The number of hydrogen-bond donors (Lipinski definition) is 2. The maximum atomic E-state index is 11.2. The van der Waals surface area contributed by atoms with Crippen LogP contribution in [0.1, 0.15) is 16.1 Å². The topological polar surface area (TPSA) is 88.9 Å². The zero-order valence-corrected chi connectivity index (χ0v) is 11.4. The van der Waals surface area contributed by atoms with Crippen molar-refractivity contribution in [2.24, 2.45) is 5.73 Å². The SMILES string of the molecule is NC(=O)c1occc1CCN1CCOc2ccc(O)cc21. The predicted octanol–water partition coefficient (Wildman–Crippen LogP) is 1.53. The largest absolute Gasteiger partial charge is 0.508 e. The lowest BCUT2D eigenvalue weighted by Gasteiger charge is -2.31. The van der Waals surface area contributed by atoms with Crippen molar-refractivity contribution in [2.75, 3.05) is 24.6 Å². The quantitative estimate of drug-likeness (QED) is 0.890. The number of carbonyl (C=O) groups excluding carboxylic acids is 1. The number of nitrogens with zero attached hydrogens (tertiary/aromatic N) is 1. The second-order valence-corrected chi connectivity index (χ2v) is 4.88. The molecule has 0 saturated heterocycles. The van der Waals surface area contributed by atoms with Crippen LogP contribution in [0.4, 0.5) is 5.69 Å². The zero-order chi connectivity index (χ0) is 14.8. The summed E-state index contributed by atoms with van der Waals surface area (Å²) in [5.74, 6) is 0.598. The molecule has 0 bridgehead atoms. The van der Waals surface area contributed by atoms with Crippen molar-refractivity contribution in [1.82, 2.24) is 0 Å². The van der Waals surface area contributed by atoms with Crippen molar-refractivity contribution in [2.45, 2.75) is 6.42 Å². The Morgan fingerprint density at radius 1 is 1.38 bits per heavy atom. The molecule has 0 spiro atoms. The number of furan rings is 1. The van der Waals surface area contributed by atoms with Gasteiger partial charge in [-0.25, -0.2) is 0 Å². The highest BCUT2D eigenvalue weighted by atomic mass is 16.5. The Kier molecular flexibility index (Phi) is 3.43. The van der Waals surface area contributed by atoms with Crippen LogP contribution in [0.15, 0.2) is 34.9 Å². The molecule has 0 radical (unpaired) electrons. The second-order valence-electron chi connectivity index (χ2n) is 4.88. The number of ether oxygens (including phenoxy) is 1. The summed E-state index contributed by atoms with van der Waals surface area (Å²) in [6, 6.07) is 6.79. The van der Waals surface area contributed by atoms with Crippen molar-refractivity contribution in [3.63, 3.8) is 0 Å². The third-order valence-electron chi connectivity index (χ3n) is 3.52. The fourth-order valence-electron chi connectivity index (χ4n) is 2.50. The Hall–Kier alpha value is -2.63. The van der Waals surface area contributed by atoms with Crippen LogP contribution in [-0.4, -0.2) is 30.7 Å². The summed E-state index contributed by atoms with van der Waals surface area (Å²) in [4.78, 5) is 13.3. The molecule has 0 unspecified atom stereocenters. The molecule has 0 fully saturated rings. The molecule has 6 nitrogen and oxygen atoms in total. The predicted molar refractivity (Wildman–Crippen MR) is 76.7 cm³/mol. The molecule has 21 heavy (non-hydrogen) atoms. The Morgan fingerprint density at radius 3 is 3.05 bits per heavy atom. The molecule has 0 aliphatic carbocycles. The summed E-state index contributed by atoms with van der Waals surface area (Å²) in [5.41, 5.74) is 6.90. The summed E-state index contributed by atoms with van der Waals surface area (Å²) in [5, 5.41) is 9.62. The van der Waals surface area contributed by atoms with Crippen molar-refractivity contribution in [3.05, 3.63) is 41.9 Å². The number of primary amides is 1. The normalized spacial score (nSPS) is 13.6. The van der Waals surface area contributed by atoms with E-state index in [-0.39, 0.29) is 11.5 Å². The van der Waals surface area contributed by atoms with Gasteiger partial charge < -0.3 is 24.9 Å². The van der Waals surface area contributed by atoms with Crippen LogP contribution in [0.5, 0.6) is 11.5 Å². The smallest absolute Gasteiger partial charge is 0.284 e. The van der Waals surface area contributed by atoms with Gasteiger partial charge in [-0.1, -0.05) is 0 Å². The first kappa shape index (κ1) is 13.4. The lowest BCUT2D eigenvalue weighted by atomic mass is 10.1. The fraction of sp³-hybridized carbons (Fsp3) is 0.267. The minimum Gasteiger partial charge on any atom is -0.508 e. The lowest BCUT2D eigenvalue weighted by Crippen LogP contribution is -2.34. The van der Waals surface area contributed by atoms with Gasteiger partial charge in [-0.3, -0.25) is 4.79 Å². The van der Waals surface area contributed by atoms with E-state index in [9.17, 15) is 9.90 Å². The first-order valence-electron chi connectivity index (χ1n) is 6.72. The Morgan fingerprint density at radius 2 is 2.24 bits per heavy atom. The summed E-state index contributed by atoms with van der Waals surface area (Å²) >= 11 is 0. The molecule has 0 atom stereocenters. The van der Waals surface area contributed by atoms with E-state index in [0.29, 0.717) is 19.6 Å². The minimum atomic E-state index is -0.560. The molecule has 6 heteroatoms. The minimum absolute atomic E-state index is 0.199. The van der Waals surface area contributed by atoms with Crippen LogP contribution in [0, 0.1) is 0 Å². The maximum absolute atomic E-state index is 11.2. The van der Waals surface area contributed by atoms with Gasteiger partial charge in [0.25, 0.3) is 5.91 Å². The average Bonchev–Trinajstić information content (AvgIpc) is 2.93. The molecule has 2 aromatic rings. The van der Waals surface area contributed by atoms with Gasteiger partial charge in [0, 0.05) is 18.2 Å². The summed E-state index contributed by atoms with van der Waals surface area (Å²) in [6.07, 6.45) is 2.10. The number of hydrogen-bond acceptors (Lipinski definition) is 5. The highest BCUT2D eigenvalue weighted by Crippen LogP contribution is 2.34. The standard InChI is InChI=1S/C15H16N2O4/c16-15(19)14-10(4-7-21-14)3-5-17-6-8-20-13-2-1-11(18)9-12(13)17/h1-2,4,7,9,18H,3,5-6,8H2,(H2,16,19). The van der Waals surface area contributed by atoms with E-state index in [1.165, 1.54) is 6.26 Å². The van der Waals surface area contributed by atoms with Crippen molar-refractivity contribution in [1.29, 1.82) is 0 Å². The number of amides is 1. The summed E-state index contributed by atoms with van der Waals surface area (Å²) < 4.78 is 10.7. The molecular weight excluding hydrogens is 272 g/mol. The van der Waals surface area contributed by atoms with Gasteiger partial charge in [0.05, 0.1) is 18.5 Å². The molecule has 1 aliphatic heterocycles. The zero-order valence-electron chi connectivity index (χ0n) is 11.4. The highest BCUT2D eigenvalue weighted by molar-refractivity contribution is 5.91. The van der Waals surface area contributed by atoms with Gasteiger partial charge in [0.15, 0.2) is 5.76 Å². The number of nitrogens with two attached hydrogens (primary N) is 1. The number of fused-ring (bicyclic) bond motifs is 1. The van der Waals surface area contributed by atoms with E-state index in [1.807, 2.05) is 0 Å². The van der Waals surface area contributed by atoms with Crippen molar-refractivity contribution >= 4 is 11.6 Å². The number of benzene rings is 1. The van der Waals surface area contributed by atoms with Crippen LogP contribution in [0.2, 0.25) is 0 Å². The first-order chi connectivity index (χ1) is 10.1. The number of aromatic hydroxyl groups is 1. The summed E-state index contributed by atoms with van der Waals surface area (Å²) in [7, 11) is 0. The van der Waals surface area contributed by atoms with E-state index < -0.39 is 5.91 Å². The molecule has 1 aromatic heterocycles. The van der Waals surface area contributed by atoms with E-state index >= 15 is 0 Å². The molecular formula is C15H16N2O4. The Balaban J connectivity index is 1.76. The van der Waals surface area contributed by atoms with Gasteiger partial charge in [-0.15, -0.1) is 0 Å². The van der Waals surface area contributed by atoms with Gasteiger partial charge in [-0.2, -0.15) is 0 Å². The van der Waals surface area contributed by atoms with Crippen LogP contribution in [0.3, 0.4) is 0 Å². The molecule has 3 rings (SSSR count). The lowest BCUT2D eigenvalue weighted by molar-refractivity contribution is 0.0972. The van der Waals surface area contributed by atoms with E-state index in [4.69, 9.17) is 14.9 Å². The van der Waals surface area contributed by atoms with Crippen molar-refractivity contribution < 1.29 is 19.1 Å². The van der Waals surface area contributed by atoms with E-state index in [0.717, 1.165) is 23.5 Å². The molecule has 3 N–H and O–H groups in total. The van der Waals surface area contributed by atoms with Gasteiger partial charge in [0.2, 0.25) is 0 Å². The van der Waals surface area contributed by atoms with Gasteiger partial charge in [0.1, 0.15) is 18.1 Å². The number of carbonyl (C=O) groups is 1. The summed E-state index contributed by atoms with van der Waals surface area (Å²) in [6.45, 7) is 1.99. The number of phenols is 1. The number of rotatable bonds is 4. The molecule has 2 heterocycles. The first-order valence-corrected chi connectivity index (χ1v) is 6.72. The monoisotopic (exact) mass is 288 g/mol. The van der Waals surface area contributed by atoms with E-state index in [2.05, 4.69) is 4.90 Å². The Bertz CT molecular complexity index is 665. The number of anilines is 1. The van der Waals surface area contributed by atoms with Crippen LogP contribution >= 0.6 is 0 Å². The molecule has 1 aromatic carbocycles. The second kappa shape index (κ2) is 5.40. The van der Waals surface area contributed by atoms with Gasteiger partial charge in [-0.05, 0) is 24.6 Å². The molecule has 0 saturated carbocycles. The maximum Gasteiger partial charge on any atom is 0.284 e. The molecule has 1 aliphatic rings. The van der Waals surface area contributed by atoms with E-state index in [1.54, 1.807) is 24.3 Å². The van der Waals surface area contributed by atoms with Crippen LogP contribution in [-0.2, 0) is 6.42 Å². The third-order valence-corrected chi connectivity index (χ3v) is 3.52.